The van der Waals surface area contributed by atoms with Crippen molar-refractivity contribution in [1.29, 1.82) is 0 Å². The van der Waals surface area contributed by atoms with Crippen LogP contribution < -0.4 is 5.32 Å². The van der Waals surface area contributed by atoms with E-state index in [-0.39, 0.29) is 0 Å². The van der Waals surface area contributed by atoms with Gasteiger partial charge < -0.3 is 10.1 Å². The van der Waals surface area contributed by atoms with Gasteiger partial charge in [0.05, 0.1) is 6.10 Å². The zero-order valence-electron chi connectivity index (χ0n) is 12.2. The minimum Gasteiger partial charge on any atom is -0.380 e. The SMILES string of the molecule is CCCNC(C(C)C)C(OC)C1CCCCC1. The molecule has 0 bridgehead atoms. The summed E-state index contributed by atoms with van der Waals surface area (Å²) in [5.41, 5.74) is 0. The average molecular weight is 241 g/mol. The summed E-state index contributed by atoms with van der Waals surface area (Å²) in [5.74, 6) is 1.42. The topological polar surface area (TPSA) is 21.3 Å². The van der Waals surface area contributed by atoms with Crippen LogP contribution >= 0.6 is 0 Å². The summed E-state index contributed by atoms with van der Waals surface area (Å²) in [7, 11) is 1.89. The molecule has 0 saturated heterocycles. The number of hydrogen-bond acceptors (Lipinski definition) is 2. The molecule has 0 amide bonds. The highest BCUT2D eigenvalue weighted by Crippen LogP contribution is 2.30. The molecule has 0 aromatic rings. The fourth-order valence-electron chi connectivity index (χ4n) is 3.14. The molecule has 17 heavy (non-hydrogen) atoms. The van der Waals surface area contributed by atoms with Crippen molar-refractivity contribution in [3.8, 4) is 0 Å². The van der Waals surface area contributed by atoms with Gasteiger partial charge in [-0.05, 0) is 37.6 Å². The van der Waals surface area contributed by atoms with Crippen molar-refractivity contribution in [2.24, 2.45) is 11.8 Å². The van der Waals surface area contributed by atoms with Gasteiger partial charge in [-0.3, -0.25) is 0 Å². The highest BCUT2D eigenvalue weighted by Gasteiger charge is 2.31. The smallest absolute Gasteiger partial charge is 0.0754 e. The first-order valence-electron chi connectivity index (χ1n) is 7.46. The van der Waals surface area contributed by atoms with Crippen LogP contribution in [0.3, 0.4) is 0 Å². The number of methoxy groups -OCH3 is 1. The van der Waals surface area contributed by atoms with Gasteiger partial charge in [-0.15, -0.1) is 0 Å². The fraction of sp³-hybridized carbons (Fsp3) is 1.00. The summed E-state index contributed by atoms with van der Waals surface area (Å²) in [6.45, 7) is 7.95. The Bertz CT molecular complexity index is 187. The van der Waals surface area contributed by atoms with E-state index in [0.29, 0.717) is 18.1 Å². The van der Waals surface area contributed by atoms with E-state index in [4.69, 9.17) is 4.74 Å². The molecule has 0 heterocycles. The van der Waals surface area contributed by atoms with Gasteiger partial charge in [0.2, 0.25) is 0 Å². The average Bonchev–Trinajstić information content (AvgIpc) is 2.35. The first kappa shape index (κ1) is 15.0. The molecule has 0 aromatic heterocycles. The van der Waals surface area contributed by atoms with Crippen LogP contribution in [-0.4, -0.2) is 25.8 Å². The Morgan fingerprint density at radius 1 is 1.18 bits per heavy atom. The molecule has 0 aromatic carbocycles. The van der Waals surface area contributed by atoms with Crippen LogP contribution in [0.15, 0.2) is 0 Å². The van der Waals surface area contributed by atoms with Crippen molar-refractivity contribution in [1.82, 2.24) is 5.32 Å². The van der Waals surface area contributed by atoms with Crippen LogP contribution in [0.5, 0.6) is 0 Å². The van der Waals surface area contributed by atoms with E-state index >= 15 is 0 Å². The van der Waals surface area contributed by atoms with Crippen molar-refractivity contribution in [3.63, 3.8) is 0 Å². The van der Waals surface area contributed by atoms with Crippen LogP contribution in [0.25, 0.3) is 0 Å². The van der Waals surface area contributed by atoms with E-state index < -0.39 is 0 Å². The highest BCUT2D eigenvalue weighted by atomic mass is 16.5. The third kappa shape index (κ3) is 4.59. The molecule has 2 nitrogen and oxygen atoms in total. The predicted octanol–water partition coefficient (Wildman–Crippen LogP) is 3.61. The van der Waals surface area contributed by atoms with Crippen molar-refractivity contribution in [2.45, 2.75) is 71.4 Å². The van der Waals surface area contributed by atoms with Gasteiger partial charge in [-0.25, -0.2) is 0 Å². The molecule has 0 aliphatic heterocycles. The van der Waals surface area contributed by atoms with Crippen LogP contribution in [-0.2, 0) is 4.74 Å². The monoisotopic (exact) mass is 241 g/mol. The largest absolute Gasteiger partial charge is 0.380 e. The highest BCUT2D eigenvalue weighted by molar-refractivity contribution is 4.86. The van der Waals surface area contributed by atoms with Gasteiger partial charge in [-0.1, -0.05) is 40.0 Å². The van der Waals surface area contributed by atoms with Crippen LogP contribution in [0.4, 0.5) is 0 Å². The molecular weight excluding hydrogens is 210 g/mol. The number of rotatable bonds is 7. The molecule has 1 aliphatic carbocycles. The maximum Gasteiger partial charge on any atom is 0.0754 e. The van der Waals surface area contributed by atoms with E-state index in [0.717, 1.165) is 12.5 Å². The molecule has 1 fully saturated rings. The summed E-state index contributed by atoms with van der Waals surface area (Å²) in [5, 5.41) is 3.69. The van der Waals surface area contributed by atoms with Gasteiger partial charge in [0.25, 0.3) is 0 Å². The van der Waals surface area contributed by atoms with E-state index in [1.54, 1.807) is 0 Å². The molecule has 2 heteroatoms. The molecule has 2 unspecified atom stereocenters. The summed E-state index contributed by atoms with van der Waals surface area (Å²) in [4.78, 5) is 0. The zero-order chi connectivity index (χ0) is 12.7. The molecule has 1 rings (SSSR count). The number of nitrogens with one attached hydrogen (secondary N) is 1. The summed E-state index contributed by atoms with van der Waals surface area (Å²) >= 11 is 0. The standard InChI is InChI=1S/C15H31NO/c1-5-11-16-14(12(2)3)15(17-4)13-9-7-6-8-10-13/h12-16H,5-11H2,1-4H3. The molecule has 2 atom stereocenters. The number of hydrogen-bond donors (Lipinski definition) is 1. The third-order valence-electron chi connectivity index (χ3n) is 4.09. The van der Waals surface area contributed by atoms with Gasteiger partial charge in [0.1, 0.15) is 0 Å². The second-order valence-electron chi connectivity index (χ2n) is 5.82. The molecule has 0 radical (unpaired) electrons. The Balaban J connectivity index is 2.58. The van der Waals surface area contributed by atoms with Crippen molar-refractivity contribution < 1.29 is 4.74 Å². The minimum absolute atomic E-state index is 0.404. The maximum atomic E-state index is 5.85. The van der Waals surface area contributed by atoms with E-state index in [1.807, 2.05) is 7.11 Å². The van der Waals surface area contributed by atoms with E-state index in [1.165, 1.54) is 38.5 Å². The lowest BCUT2D eigenvalue weighted by Gasteiger charge is -2.37. The van der Waals surface area contributed by atoms with Crippen molar-refractivity contribution in [3.05, 3.63) is 0 Å². The summed E-state index contributed by atoms with van der Waals surface area (Å²) in [6, 6.07) is 0.517. The Hall–Kier alpha value is -0.0800. The normalized spacial score (nSPS) is 21.7. The lowest BCUT2D eigenvalue weighted by Crippen LogP contribution is -2.48. The van der Waals surface area contributed by atoms with Crippen LogP contribution in [0.1, 0.15) is 59.3 Å². The van der Waals surface area contributed by atoms with Crippen molar-refractivity contribution in [2.75, 3.05) is 13.7 Å². The Morgan fingerprint density at radius 2 is 1.82 bits per heavy atom. The van der Waals surface area contributed by atoms with E-state index in [9.17, 15) is 0 Å². The van der Waals surface area contributed by atoms with E-state index in [2.05, 4.69) is 26.1 Å². The fourth-order valence-corrected chi connectivity index (χ4v) is 3.14. The second kappa shape index (κ2) is 8.10. The number of ether oxygens (including phenoxy) is 1. The van der Waals surface area contributed by atoms with Crippen LogP contribution in [0, 0.1) is 11.8 Å². The lowest BCUT2D eigenvalue weighted by molar-refractivity contribution is -0.00361. The first-order valence-corrected chi connectivity index (χ1v) is 7.46. The summed E-state index contributed by atoms with van der Waals surface area (Å²) in [6.07, 6.45) is 8.52. The van der Waals surface area contributed by atoms with Gasteiger partial charge in [0, 0.05) is 13.2 Å². The Kier molecular flexibility index (Phi) is 7.14. The minimum atomic E-state index is 0.404. The molecular formula is C15H31NO. The second-order valence-corrected chi connectivity index (χ2v) is 5.82. The van der Waals surface area contributed by atoms with Crippen molar-refractivity contribution >= 4 is 0 Å². The Morgan fingerprint density at radius 3 is 2.29 bits per heavy atom. The first-order chi connectivity index (χ1) is 8.20. The molecule has 0 spiro atoms. The lowest BCUT2D eigenvalue weighted by atomic mass is 9.80. The zero-order valence-corrected chi connectivity index (χ0v) is 12.2. The van der Waals surface area contributed by atoms with Crippen LogP contribution in [0.2, 0.25) is 0 Å². The third-order valence-corrected chi connectivity index (χ3v) is 4.09. The summed E-state index contributed by atoms with van der Waals surface area (Å²) < 4.78 is 5.85. The van der Waals surface area contributed by atoms with Gasteiger partial charge in [0.15, 0.2) is 0 Å². The predicted molar refractivity (Wildman–Crippen MR) is 74.3 cm³/mol. The maximum absolute atomic E-state index is 5.85. The van der Waals surface area contributed by atoms with Gasteiger partial charge >= 0.3 is 0 Å². The molecule has 1 aliphatic rings. The van der Waals surface area contributed by atoms with Gasteiger partial charge in [-0.2, -0.15) is 0 Å². The molecule has 1 N–H and O–H groups in total. The quantitative estimate of drug-likeness (QED) is 0.735. The molecule has 1 saturated carbocycles. The Labute approximate surface area is 108 Å². The molecule has 102 valence electrons.